The molecule has 2 aliphatic rings. The van der Waals surface area contributed by atoms with E-state index < -0.39 is 36.9 Å². The molecule has 1 aromatic heterocycles. The third-order valence-electron chi connectivity index (χ3n) is 6.81. The van der Waals surface area contributed by atoms with Crippen molar-refractivity contribution in [1.29, 1.82) is 0 Å². The van der Waals surface area contributed by atoms with Gasteiger partial charge in [-0.25, -0.2) is 0 Å². The number of ether oxygens (including phenoxy) is 4. The number of carbonyl (C=O) groups excluding carboxylic acids is 3. The minimum Gasteiger partial charge on any atom is -0.497 e. The maximum atomic E-state index is 13.3. The average Bonchev–Trinajstić information content (AvgIpc) is 3.76. The van der Waals surface area contributed by atoms with E-state index in [9.17, 15) is 23.2 Å². The van der Waals surface area contributed by atoms with Crippen molar-refractivity contribution in [3.63, 3.8) is 0 Å². The van der Waals surface area contributed by atoms with Crippen LogP contribution in [0.4, 0.5) is 14.5 Å². The molecule has 0 unspecified atom stereocenters. The molecule has 1 atom stereocenters. The molecule has 0 radical (unpaired) electrons. The van der Waals surface area contributed by atoms with Gasteiger partial charge >= 0.3 is 12.6 Å². The zero-order chi connectivity index (χ0) is 30.0. The number of hydrogen-bond donors (Lipinski definition) is 0. The summed E-state index contributed by atoms with van der Waals surface area (Å²) in [7, 11) is 1.43. The fourth-order valence-electron chi connectivity index (χ4n) is 4.45. The number of amides is 1. The average molecular weight is 621 g/mol. The Kier molecular flexibility index (Phi) is 8.79. The third kappa shape index (κ3) is 6.57. The fourth-order valence-corrected chi connectivity index (χ4v) is 4.97. The molecule has 1 amide bonds. The third-order valence-corrected chi connectivity index (χ3v) is 7.46. The lowest BCUT2D eigenvalue weighted by Crippen LogP contribution is -2.36. The van der Waals surface area contributed by atoms with Gasteiger partial charge in [-0.15, -0.1) is 0 Å². The smallest absolute Gasteiger partial charge is 0.387 e. The second-order valence-corrected chi connectivity index (χ2v) is 10.5. The number of benzene rings is 2. The standard InChI is InChI=1S/C29H24Cl2F2N2O7/c1-39-17-5-6-18-22(9-17)35(28(38)27(18)37)13-26(36)41-24(10-19-20(30)11-34-12-21(19)31)16-4-7-23(42-29(32)33)25(8-16)40-14-15-2-3-15/h4-9,11-12,15,24,29H,2-3,10,13-14H2,1H3/t24-/m0/s1. The summed E-state index contributed by atoms with van der Waals surface area (Å²) in [5.41, 5.74) is 1.13. The van der Waals surface area contributed by atoms with Crippen LogP contribution in [0.25, 0.3) is 0 Å². The van der Waals surface area contributed by atoms with Crippen molar-refractivity contribution in [1.82, 2.24) is 4.98 Å². The van der Waals surface area contributed by atoms with E-state index >= 15 is 0 Å². The van der Waals surface area contributed by atoms with Crippen LogP contribution in [0, 0.1) is 5.92 Å². The second-order valence-electron chi connectivity index (χ2n) is 9.71. The van der Waals surface area contributed by atoms with Gasteiger partial charge in [0, 0.05) is 24.9 Å². The molecule has 1 aliphatic carbocycles. The zero-order valence-corrected chi connectivity index (χ0v) is 23.7. The molecule has 2 aromatic carbocycles. The predicted molar refractivity (Wildman–Crippen MR) is 148 cm³/mol. The van der Waals surface area contributed by atoms with Gasteiger partial charge in [-0.05, 0) is 54.2 Å². The molecule has 13 heteroatoms. The Morgan fingerprint density at radius 3 is 2.48 bits per heavy atom. The number of rotatable bonds is 12. The van der Waals surface area contributed by atoms with E-state index in [4.69, 9.17) is 37.4 Å². The van der Waals surface area contributed by atoms with Crippen LogP contribution in [-0.2, 0) is 20.7 Å². The largest absolute Gasteiger partial charge is 0.497 e. The van der Waals surface area contributed by atoms with Crippen molar-refractivity contribution in [2.24, 2.45) is 5.92 Å². The van der Waals surface area contributed by atoms with Gasteiger partial charge in [0.25, 0.3) is 11.7 Å². The fraction of sp³-hybridized carbons (Fsp3) is 0.310. The first-order chi connectivity index (χ1) is 20.1. The number of hydrogen-bond acceptors (Lipinski definition) is 8. The van der Waals surface area contributed by atoms with Crippen LogP contribution in [0.1, 0.15) is 40.4 Å². The van der Waals surface area contributed by atoms with Gasteiger partial charge < -0.3 is 18.9 Å². The van der Waals surface area contributed by atoms with Gasteiger partial charge in [0.1, 0.15) is 18.4 Å². The van der Waals surface area contributed by atoms with Gasteiger partial charge in [0.15, 0.2) is 11.5 Å². The summed E-state index contributed by atoms with van der Waals surface area (Å²) in [6.07, 6.45) is 3.61. The van der Waals surface area contributed by atoms with Gasteiger partial charge in [-0.2, -0.15) is 8.78 Å². The summed E-state index contributed by atoms with van der Waals surface area (Å²) < 4.78 is 47.6. The number of ketones is 1. The number of methoxy groups -OCH3 is 1. The first-order valence-corrected chi connectivity index (χ1v) is 13.6. The highest BCUT2D eigenvalue weighted by Crippen LogP contribution is 2.38. The first kappa shape index (κ1) is 29.5. The minimum absolute atomic E-state index is 0.0275. The van der Waals surface area contributed by atoms with E-state index in [2.05, 4.69) is 9.72 Å². The van der Waals surface area contributed by atoms with Crippen LogP contribution in [0.3, 0.4) is 0 Å². The van der Waals surface area contributed by atoms with Gasteiger partial charge in [-0.3, -0.25) is 24.3 Å². The molecule has 2 heterocycles. The number of aromatic nitrogens is 1. The highest BCUT2D eigenvalue weighted by atomic mass is 35.5. The van der Waals surface area contributed by atoms with Crippen molar-refractivity contribution >= 4 is 46.5 Å². The van der Waals surface area contributed by atoms with E-state index in [0.717, 1.165) is 17.7 Å². The first-order valence-electron chi connectivity index (χ1n) is 12.9. The number of halogens is 4. The Balaban J connectivity index is 1.44. The summed E-state index contributed by atoms with van der Waals surface area (Å²) in [6.45, 7) is -3.36. The van der Waals surface area contributed by atoms with Crippen molar-refractivity contribution in [3.05, 3.63) is 75.5 Å². The maximum absolute atomic E-state index is 13.3. The van der Waals surface area contributed by atoms with Crippen molar-refractivity contribution in [2.45, 2.75) is 32.0 Å². The number of pyridine rings is 1. The Bertz CT molecular complexity index is 1510. The molecule has 9 nitrogen and oxygen atoms in total. The SMILES string of the molecule is COc1ccc2c(c1)N(CC(=O)O[C@@H](Cc1c(Cl)cncc1Cl)c1ccc(OC(F)F)c(OCC3CC3)c1)C(=O)C2=O. The zero-order valence-electron chi connectivity index (χ0n) is 22.2. The quantitative estimate of drug-likeness (QED) is 0.184. The molecule has 0 saturated heterocycles. The van der Waals surface area contributed by atoms with Crippen LogP contribution in [0.2, 0.25) is 10.0 Å². The van der Waals surface area contributed by atoms with Crippen molar-refractivity contribution < 1.29 is 42.1 Å². The molecule has 3 aromatic rings. The molecule has 1 aliphatic heterocycles. The number of Topliss-reactive ketones (excluding diaryl/α,β-unsaturated/α-hetero) is 1. The number of alkyl halides is 2. The predicted octanol–water partition coefficient (Wildman–Crippen LogP) is 5.84. The highest BCUT2D eigenvalue weighted by Gasteiger charge is 2.38. The lowest BCUT2D eigenvalue weighted by Gasteiger charge is -2.23. The Morgan fingerprint density at radius 1 is 1.07 bits per heavy atom. The summed E-state index contributed by atoms with van der Waals surface area (Å²) >= 11 is 12.7. The Morgan fingerprint density at radius 2 is 1.81 bits per heavy atom. The summed E-state index contributed by atoms with van der Waals surface area (Å²) in [4.78, 5) is 43.5. The summed E-state index contributed by atoms with van der Waals surface area (Å²) in [6, 6.07) is 8.66. The highest BCUT2D eigenvalue weighted by molar-refractivity contribution is 6.52. The van der Waals surface area contributed by atoms with E-state index in [1.165, 1.54) is 55.9 Å². The number of fused-ring (bicyclic) bond motifs is 1. The lowest BCUT2D eigenvalue weighted by molar-refractivity contribution is -0.148. The van der Waals surface area contributed by atoms with E-state index in [1.54, 1.807) is 0 Å². The topological polar surface area (TPSA) is 104 Å². The second kappa shape index (κ2) is 12.5. The Labute approximate surface area is 249 Å². The van der Waals surface area contributed by atoms with Crippen LogP contribution in [-0.4, -0.2) is 49.5 Å². The molecular formula is C29H24Cl2F2N2O7. The molecule has 1 saturated carbocycles. The van der Waals surface area contributed by atoms with Gasteiger partial charge in [-0.1, -0.05) is 29.3 Å². The molecule has 5 rings (SSSR count). The van der Waals surface area contributed by atoms with E-state index in [1.807, 2.05) is 0 Å². The van der Waals surface area contributed by atoms with Crippen LogP contribution in [0.15, 0.2) is 48.8 Å². The number of anilines is 1. The minimum atomic E-state index is -3.08. The molecule has 0 bridgehead atoms. The number of nitrogens with zero attached hydrogens (tertiary/aromatic N) is 2. The molecule has 1 fully saturated rings. The maximum Gasteiger partial charge on any atom is 0.387 e. The molecule has 42 heavy (non-hydrogen) atoms. The molecular weight excluding hydrogens is 597 g/mol. The normalized spacial score (nSPS) is 15.0. The summed E-state index contributed by atoms with van der Waals surface area (Å²) in [5.74, 6) is -1.93. The monoisotopic (exact) mass is 620 g/mol. The van der Waals surface area contributed by atoms with Crippen molar-refractivity contribution in [2.75, 3.05) is 25.2 Å². The van der Waals surface area contributed by atoms with Crippen LogP contribution >= 0.6 is 23.2 Å². The van der Waals surface area contributed by atoms with Gasteiger partial charge in [0.2, 0.25) is 0 Å². The van der Waals surface area contributed by atoms with Crippen LogP contribution in [0.5, 0.6) is 17.2 Å². The lowest BCUT2D eigenvalue weighted by atomic mass is 10.0. The van der Waals surface area contributed by atoms with E-state index in [-0.39, 0.29) is 39.2 Å². The van der Waals surface area contributed by atoms with Crippen molar-refractivity contribution in [3.8, 4) is 17.2 Å². The number of esters is 1. The Hall–Kier alpha value is -3.96. The number of carbonyl (C=O) groups is 3. The molecule has 220 valence electrons. The van der Waals surface area contributed by atoms with E-state index in [0.29, 0.717) is 29.4 Å². The molecule has 0 spiro atoms. The van der Waals surface area contributed by atoms with Crippen LogP contribution < -0.4 is 19.1 Å². The summed E-state index contributed by atoms with van der Waals surface area (Å²) in [5, 5.41) is 0.431. The van der Waals surface area contributed by atoms with Gasteiger partial charge in [0.05, 0.1) is 35.0 Å². The molecule has 0 N–H and O–H groups in total.